The van der Waals surface area contributed by atoms with E-state index in [1.165, 1.54) is 0 Å². The van der Waals surface area contributed by atoms with E-state index >= 15 is 0 Å². The van der Waals surface area contributed by atoms with E-state index < -0.39 is 5.91 Å². The van der Waals surface area contributed by atoms with E-state index in [4.69, 9.17) is 10.7 Å². The average molecular weight is 486 g/mol. The second-order valence-electron chi connectivity index (χ2n) is 8.74. The number of hydrogen-bond acceptors (Lipinski definition) is 4. The summed E-state index contributed by atoms with van der Waals surface area (Å²) in [6, 6.07) is 30.3. The third-order valence-electron chi connectivity index (χ3n) is 6.59. The van der Waals surface area contributed by atoms with Gasteiger partial charge >= 0.3 is 0 Å². The fourth-order valence-electron chi connectivity index (χ4n) is 4.98. The Bertz CT molecular complexity index is 1820. The molecule has 0 fully saturated rings. The Balaban J connectivity index is 1.60. The lowest BCUT2D eigenvalue weighted by atomic mass is 9.99. The number of fused-ring (bicyclic) bond motifs is 4. The van der Waals surface area contributed by atoms with Crippen molar-refractivity contribution in [1.29, 1.82) is 0 Å². The van der Waals surface area contributed by atoms with Crippen LogP contribution in [0.5, 0.6) is 0 Å². The van der Waals surface area contributed by atoms with Gasteiger partial charge in [-0.3, -0.25) is 14.6 Å². The number of rotatable bonds is 7. The van der Waals surface area contributed by atoms with Crippen LogP contribution in [0.2, 0.25) is 0 Å². The zero-order valence-electron chi connectivity index (χ0n) is 19.8. The van der Waals surface area contributed by atoms with Crippen LogP contribution in [0.15, 0.2) is 97.2 Å². The summed E-state index contributed by atoms with van der Waals surface area (Å²) in [5.74, 6) is -0.548. The predicted molar refractivity (Wildman–Crippen MR) is 148 cm³/mol. The molecule has 4 aromatic carbocycles. The van der Waals surface area contributed by atoms with Crippen LogP contribution in [-0.4, -0.2) is 28.5 Å². The predicted octanol–water partition coefficient (Wildman–Crippen LogP) is 5.21. The van der Waals surface area contributed by atoms with Gasteiger partial charge in [-0.15, -0.1) is 0 Å². The molecule has 180 valence electrons. The number of aromatic nitrogens is 2. The molecular formula is C30H23N5O2. The van der Waals surface area contributed by atoms with Gasteiger partial charge in [-0.2, -0.15) is 0 Å². The maximum absolute atomic E-state index is 12.1. The summed E-state index contributed by atoms with van der Waals surface area (Å²) in [6.07, 6.45) is 2.52. The van der Waals surface area contributed by atoms with Gasteiger partial charge < -0.3 is 20.9 Å². The summed E-state index contributed by atoms with van der Waals surface area (Å²) in [7, 11) is 0. The highest BCUT2D eigenvalue weighted by atomic mass is 16.1. The lowest BCUT2D eigenvalue weighted by molar-refractivity contribution is -0.109. The first-order valence-electron chi connectivity index (χ1n) is 11.9. The third-order valence-corrected chi connectivity index (χ3v) is 6.59. The Labute approximate surface area is 212 Å². The first kappa shape index (κ1) is 22.3. The summed E-state index contributed by atoms with van der Waals surface area (Å²) in [5, 5.41) is 8.95. The van der Waals surface area contributed by atoms with Crippen molar-refractivity contribution in [2.45, 2.75) is 0 Å². The summed E-state index contributed by atoms with van der Waals surface area (Å²) >= 11 is 0. The van der Waals surface area contributed by atoms with Crippen molar-refractivity contribution >= 4 is 50.7 Å². The number of nitrogens with one attached hydrogen (secondary N) is 2. The number of amides is 2. The number of carbonyl (C=O) groups excluding carboxylic acids is 2. The first-order chi connectivity index (χ1) is 18.2. The van der Waals surface area contributed by atoms with Crippen molar-refractivity contribution in [1.82, 2.24) is 14.9 Å². The van der Waals surface area contributed by atoms with Crippen LogP contribution >= 0.6 is 0 Å². The van der Waals surface area contributed by atoms with Gasteiger partial charge in [0.1, 0.15) is 0 Å². The Morgan fingerprint density at radius 2 is 1.73 bits per heavy atom. The largest absolute Gasteiger partial charge is 0.367 e. The molecule has 0 saturated carbocycles. The van der Waals surface area contributed by atoms with Gasteiger partial charge in [-0.25, -0.2) is 0 Å². The molecule has 7 nitrogen and oxygen atoms in total. The maximum Gasteiger partial charge on any atom is 0.250 e. The van der Waals surface area contributed by atoms with Gasteiger partial charge in [0.05, 0.1) is 34.5 Å². The summed E-state index contributed by atoms with van der Waals surface area (Å²) in [4.78, 5) is 27.5. The number of anilines is 1. The topological polar surface area (TPSA) is 102 Å². The normalized spacial score (nSPS) is 11.1. The summed E-state index contributed by atoms with van der Waals surface area (Å²) in [6.45, 7) is 0.166. The van der Waals surface area contributed by atoms with Crippen molar-refractivity contribution in [3.05, 3.63) is 103 Å². The Morgan fingerprint density at radius 3 is 2.59 bits per heavy atom. The quantitative estimate of drug-likeness (QED) is 0.164. The number of primary amides is 1. The van der Waals surface area contributed by atoms with Gasteiger partial charge in [-0.05, 0) is 48.0 Å². The van der Waals surface area contributed by atoms with Gasteiger partial charge in [0, 0.05) is 33.6 Å². The maximum atomic E-state index is 12.1. The molecule has 0 aliphatic rings. The standard InChI is InChI=1S/C30H23N5O2/c31-30(37)23-13-12-21(15-26(23)34-17-32-18-36)35-27-10-4-2-7-24(27)29-22(8-5-11-28(29)35)20-14-19-6-1-3-9-25(19)33-16-20/h1-16,18,34H,17H2,(H2,31,37)(H,32,36). The molecule has 37 heavy (non-hydrogen) atoms. The second-order valence-corrected chi connectivity index (χ2v) is 8.74. The molecule has 2 aromatic heterocycles. The molecule has 0 saturated heterocycles. The molecule has 0 aliphatic carbocycles. The molecular weight excluding hydrogens is 462 g/mol. The minimum Gasteiger partial charge on any atom is -0.367 e. The fourth-order valence-corrected chi connectivity index (χ4v) is 4.98. The van der Waals surface area contributed by atoms with Crippen LogP contribution < -0.4 is 16.4 Å². The molecule has 0 radical (unpaired) electrons. The SMILES string of the molecule is NC(=O)c1ccc(-n2c3ccccc3c3c(-c4cnc5ccccc5c4)cccc32)cc1NCNC=O. The zero-order chi connectivity index (χ0) is 25.4. The molecule has 0 bridgehead atoms. The number of nitrogens with zero attached hydrogens (tertiary/aromatic N) is 2. The minimum absolute atomic E-state index is 0.166. The van der Waals surface area contributed by atoms with Crippen LogP contribution in [0.3, 0.4) is 0 Å². The zero-order valence-corrected chi connectivity index (χ0v) is 19.8. The molecule has 0 atom stereocenters. The molecule has 7 heteroatoms. The lowest BCUT2D eigenvalue weighted by Crippen LogP contribution is -2.22. The number of hydrogen-bond donors (Lipinski definition) is 3. The molecule has 0 aliphatic heterocycles. The van der Waals surface area contributed by atoms with Gasteiger partial charge in [0.25, 0.3) is 5.91 Å². The number of pyridine rings is 1. The number of nitrogens with two attached hydrogens (primary N) is 1. The number of benzene rings is 4. The molecule has 2 heterocycles. The highest BCUT2D eigenvalue weighted by Gasteiger charge is 2.18. The monoisotopic (exact) mass is 485 g/mol. The number of carbonyl (C=O) groups is 2. The van der Waals surface area contributed by atoms with Crippen LogP contribution in [-0.2, 0) is 4.79 Å². The minimum atomic E-state index is -0.548. The first-order valence-corrected chi connectivity index (χ1v) is 11.9. The van der Waals surface area contributed by atoms with Crippen LogP contribution in [0, 0.1) is 0 Å². The molecule has 6 rings (SSSR count). The van der Waals surface area contributed by atoms with E-state index in [0.29, 0.717) is 17.7 Å². The Hall–Kier alpha value is -5.17. The second kappa shape index (κ2) is 9.13. The van der Waals surface area contributed by atoms with Gasteiger partial charge in [0.15, 0.2) is 0 Å². The van der Waals surface area contributed by atoms with E-state index in [1.807, 2.05) is 54.7 Å². The molecule has 0 spiro atoms. The summed E-state index contributed by atoms with van der Waals surface area (Å²) in [5.41, 5.74) is 12.5. The average Bonchev–Trinajstić information content (AvgIpc) is 3.27. The van der Waals surface area contributed by atoms with Crippen molar-refractivity contribution in [2.75, 3.05) is 12.0 Å². The van der Waals surface area contributed by atoms with Gasteiger partial charge in [0.2, 0.25) is 6.41 Å². The molecule has 6 aromatic rings. The van der Waals surface area contributed by atoms with Crippen molar-refractivity contribution in [3.63, 3.8) is 0 Å². The van der Waals surface area contributed by atoms with E-state index in [0.717, 1.165) is 49.5 Å². The summed E-state index contributed by atoms with van der Waals surface area (Å²) < 4.78 is 2.17. The Kier molecular flexibility index (Phi) is 5.50. The molecule has 0 unspecified atom stereocenters. The van der Waals surface area contributed by atoms with E-state index in [-0.39, 0.29) is 6.67 Å². The van der Waals surface area contributed by atoms with E-state index in [2.05, 4.69) is 51.6 Å². The molecule has 4 N–H and O–H groups in total. The van der Waals surface area contributed by atoms with Crippen LogP contribution in [0.1, 0.15) is 10.4 Å². The van der Waals surface area contributed by atoms with Gasteiger partial charge in [-0.1, -0.05) is 48.5 Å². The van der Waals surface area contributed by atoms with Crippen molar-refractivity contribution in [3.8, 4) is 16.8 Å². The van der Waals surface area contributed by atoms with Crippen molar-refractivity contribution < 1.29 is 9.59 Å². The third kappa shape index (κ3) is 3.83. The highest BCUT2D eigenvalue weighted by Crippen LogP contribution is 2.39. The van der Waals surface area contributed by atoms with E-state index in [9.17, 15) is 9.59 Å². The van der Waals surface area contributed by atoms with Crippen LogP contribution in [0.25, 0.3) is 49.5 Å². The van der Waals surface area contributed by atoms with Crippen LogP contribution in [0.4, 0.5) is 5.69 Å². The molecule has 2 amide bonds. The van der Waals surface area contributed by atoms with Crippen molar-refractivity contribution in [2.24, 2.45) is 5.73 Å². The highest BCUT2D eigenvalue weighted by molar-refractivity contribution is 6.16. The number of para-hydroxylation sites is 2. The van der Waals surface area contributed by atoms with E-state index in [1.54, 1.807) is 6.07 Å². The lowest BCUT2D eigenvalue weighted by Gasteiger charge is -2.14. The smallest absolute Gasteiger partial charge is 0.250 e. The Morgan fingerprint density at radius 1 is 0.919 bits per heavy atom. The fraction of sp³-hybridized carbons (Fsp3) is 0.0333.